The van der Waals surface area contributed by atoms with Crippen molar-refractivity contribution in [3.8, 4) is 0 Å². The van der Waals surface area contributed by atoms with Gasteiger partial charge in [-0.2, -0.15) is 31.4 Å². The number of benzene rings is 1. The van der Waals surface area contributed by atoms with Crippen LogP contribution in [-0.4, -0.2) is 64.4 Å². The van der Waals surface area contributed by atoms with Crippen LogP contribution < -0.4 is 10.0 Å². The van der Waals surface area contributed by atoms with Gasteiger partial charge in [-0.15, -0.1) is 0 Å². The number of nitrogens with one attached hydrogen (secondary N) is 2. The van der Waals surface area contributed by atoms with E-state index in [-0.39, 0.29) is 42.0 Å². The van der Waals surface area contributed by atoms with Crippen molar-refractivity contribution in [2.75, 3.05) is 12.4 Å². The van der Waals surface area contributed by atoms with Crippen molar-refractivity contribution in [2.45, 2.75) is 43.8 Å². The van der Waals surface area contributed by atoms with Crippen molar-refractivity contribution in [3.63, 3.8) is 0 Å². The number of halogens is 4. The molecule has 204 valence electrons. The Labute approximate surface area is 220 Å². The molecular weight excluding hydrogens is 553 g/mol. The maximum Gasteiger partial charge on any atom is 0.417 e. The third-order valence-corrected chi connectivity index (χ3v) is 7.15. The molecule has 3 atom stereocenters. The molecule has 0 bridgehead atoms. The zero-order chi connectivity index (χ0) is 27.7. The highest BCUT2D eigenvalue weighted by Crippen LogP contribution is 2.35. The summed E-state index contributed by atoms with van der Waals surface area (Å²) in [6, 6.07) is 4.45. The van der Waals surface area contributed by atoms with Crippen LogP contribution in [0.5, 0.6) is 0 Å². The molecule has 0 unspecified atom stereocenters. The zero-order valence-corrected chi connectivity index (χ0v) is 21.3. The van der Waals surface area contributed by atoms with Crippen LogP contribution in [0, 0.1) is 0 Å². The molecule has 1 fully saturated rings. The van der Waals surface area contributed by atoms with Crippen LogP contribution in [0.4, 0.5) is 19.0 Å². The summed E-state index contributed by atoms with van der Waals surface area (Å²) < 4.78 is 71.1. The second-order valence-electron chi connectivity index (χ2n) is 8.50. The molecule has 1 saturated carbocycles. The summed E-state index contributed by atoms with van der Waals surface area (Å²) in [5.74, 6) is -0.413. The molecule has 4 rings (SSSR count). The van der Waals surface area contributed by atoms with Gasteiger partial charge in [0.1, 0.15) is 23.9 Å². The Balaban J connectivity index is 1.48. The SMILES string of the molecule is CNS(=O)(=O)O[C@@H]1C[C@H](Nc2ncncc2C(=O)c2ccn(Cc3ccc(Cl)c(C(F)(F)F)c3)n2)C[C@@H]1O. The molecule has 11 nitrogen and oxygen atoms in total. The van der Waals surface area contributed by atoms with Crippen LogP contribution in [0.1, 0.15) is 40.0 Å². The number of hydrogen-bond acceptors (Lipinski definition) is 9. The van der Waals surface area contributed by atoms with Gasteiger partial charge in [0, 0.05) is 25.5 Å². The summed E-state index contributed by atoms with van der Waals surface area (Å²) in [5.41, 5.74) is -0.623. The van der Waals surface area contributed by atoms with Gasteiger partial charge in [0.25, 0.3) is 0 Å². The van der Waals surface area contributed by atoms with Gasteiger partial charge in [-0.05, 0) is 36.6 Å². The Bertz CT molecular complexity index is 1430. The third kappa shape index (κ3) is 6.47. The molecule has 16 heteroatoms. The number of alkyl halides is 3. The van der Waals surface area contributed by atoms with Gasteiger partial charge < -0.3 is 10.4 Å². The van der Waals surface area contributed by atoms with Gasteiger partial charge in [-0.3, -0.25) is 13.7 Å². The Morgan fingerprint density at radius 3 is 2.76 bits per heavy atom. The van der Waals surface area contributed by atoms with Crippen molar-refractivity contribution in [1.82, 2.24) is 24.5 Å². The first-order valence-corrected chi connectivity index (χ1v) is 12.9. The molecule has 0 spiro atoms. The molecule has 3 aromatic rings. The van der Waals surface area contributed by atoms with Crippen molar-refractivity contribution in [1.29, 1.82) is 0 Å². The number of carbonyl (C=O) groups excluding carboxylic acids is 1. The summed E-state index contributed by atoms with van der Waals surface area (Å²) in [7, 11) is -2.83. The van der Waals surface area contributed by atoms with E-state index < -0.39 is 51.1 Å². The molecule has 2 aromatic heterocycles. The van der Waals surface area contributed by atoms with Crippen LogP contribution in [0.15, 0.2) is 43.0 Å². The summed E-state index contributed by atoms with van der Waals surface area (Å²) in [6.45, 7) is -0.0409. The average molecular weight is 575 g/mol. The Morgan fingerprint density at radius 2 is 2.05 bits per heavy atom. The Morgan fingerprint density at radius 1 is 1.29 bits per heavy atom. The maximum absolute atomic E-state index is 13.2. The fourth-order valence-electron chi connectivity index (χ4n) is 4.00. The van der Waals surface area contributed by atoms with E-state index >= 15 is 0 Å². The number of anilines is 1. The predicted molar refractivity (Wildman–Crippen MR) is 129 cm³/mol. The topological polar surface area (TPSA) is 148 Å². The van der Waals surface area contributed by atoms with E-state index in [2.05, 4.69) is 20.4 Å². The van der Waals surface area contributed by atoms with Crippen LogP contribution in [0.3, 0.4) is 0 Å². The number of rotatable bonds is 9. The summed E-state index contributed by atoms with van der Waals surface area (Å²) in [4.78, 5) is 21.1. The van der Waals surface area contributed by atoms with E-state index in [1.165, 1.54) is 42.6 Å². The number of aromatic nitrogens is 4. The first-order valence-electron chi connectivity index (χ1n) is 11.2. The van der Waals surface area contributed by atoms with Gasteiger partial charge in [-0.1, -0.05) is 17.7 Å². The standard InChI is InChI=1S/C22H22ClF3N6O5S/c1-27-38(35,36)37-19-8-13(7-18(19)33)30-21-14(9-28-11-29-21)20(34)17-4-5-32(31-17)10-12-2-3-16(23)15(6-12)22(24,25)26/h2-6,9,11,13,18-19,27,33H,7-8,10H2,1H3,(H,28,29,30)/t13-,18+,19-/m1/s1. The van der Waals surface area contributed by atoms with E-state index in [1.807, 2.05) is 4.72 Å². The van der Waals surface area contributed by atoms with Crippen LogP contribution >= 0.6 is 11.6 Å². The van der Waals surface area contributed by atoms with Crippen molar-refractivity contribution in [2.24, 2.45) is 0 Å². The minimum atomic E-state index is -4.61. The maximum atomic E-state index is 13.2. The van der Waals surface area contributed by atoms with Gasteiger partial charge >= 0.3 is 16.5 Å². The lowest BCUT2D eigenvalue weighted by Gasteiger charge is -2.15. The predicted octanol–water partition coefficient (Wildman–Crippen LogP) is 2.41. The fourth-order valence-corrected chi connectivity index (χ4v) is 4.85. The number of aliphatic hydroxyl groups excluding tert-OH is 1. The van der Waals surface area contributed by atoms with E-state index in [1.54, 1.807) is 0 Å². The van der Waals surface area contributed by atoms with Crippen LogP contribution in [0.25, 0.3) is 0 Å². The van der Waals surface area contributed by atoms with E-state index in [0.717, 1.165) is 12.1 Å². The molecule has 2 heterocycles. The summed E-state index contributed by atoms with van der Waals surface area (Å²) in [6.07, 6.45) is -2.49. The Kier molecular flexibility index (Phi) is 8.04. The van der Waals surface area contributed by atoms with Gasteiger partial charge in [0.05, 0.1) is 28.8 Å². The molecule has 1 aromatic carbocycles. The third-order valence-electron chi connectivity index (χ3n) is 5.82. The van der Waals surface area contributed by atoms with E-state index in [4.69, 9.17) is 15.8 Å². The number of nitrogens with zero attached hydrogens (tertiary/aromatic N) is 4. The molecule has 1 aliphatic carbocycles. The molecule has 38 heavy (non-hydrogen) atoms. The number of hydrogen-bond donors (Lipinski definition) is 3. The summed E-state index contributed by atoms with van der Waals surface area (Å²) >= 11 is 5.67. The zero-order valence-electron chi connectivity index (χ0n) is 19.7. The number of ketones is 1. The lowest BCUT2D eigenvalue weighted by molar-refractivity contribution is -0.137. The largest absolute Gasteiger partial charge is 0.417 e. The first kappa shape index (κ1) is 27.9. The number of aliphatic hydroxyl groups is 1. The molecule has 0 radical (unpaired) electrons. The smallest absolute Gasteiger partial charge is 0.390 e. The van der Waals surface area contributed by atoms with Crippen LogP contribution in [-0.2, 0) is 27.2 Å². The average Bonchev–Trinajstić information content (AvgIpc) is 3.45. The molecular formula is C22H22ClF3N6O5S. The fraction of sp³-hybridized carbons (Fsp3) is 0.364. The molecule has 0 aliphatic heterocycles. The van der Waals surface area contributed by atoms with Crippen molar-refractivity contribution < 1.29 is 35.7 Å². The highest BCUT2D eigenvalue weighted by Gasteiger charge is 2.37. The van der Waals surface area contributed by atoms with Crippen molar-refractivity contribution >= 4 is 33.5 Å². The minimum absolute atomic E-state index is 0.000591. The van der Waals surface area contributed by atoms with Crippen LogP contribution in [0.2, 0.25) is 5.02 Å². The first-order chi connectivity index (χ1) is 17.9. The lowest BCUT2D eigenvalue weighted by atomic mass is 10.1. The second-order valence-corrected chi connectivity index (χ2v) is 10.4. The molecule has 3 N–H and O–H groups in total. The van der Waals surface area contributed by atoms with Gasteiger partial charge in [0.15, 0.2) is 0 Å². The van der Waals surface area contributed by atoms with E-state index in [9.17, 15) is 31.5 Å². The quantitative estimate of drug-likeness (QED) is 0.328. The molecule has 0 amide bonds. The highest BCUT2D eigenvalue weighted by molar-refractivity contribution is 7.84. The molecule has 0 saturated heterocycles. The minimum Gasteiger partial charge on any atom is -0.390 e. The lowest BCUT2D eigenvalue weighted by Crippen LogP contribution is -2.31. The normalized spacial score (nSPS) is 20.0. The number of carbonyl (C=O) groups is 1. The van der Waals surface area contributed by atoms with Gasteiger partial charge in [0.2, 0.25) is 5.78 Å². The Hall–Kier alpha value is -3.11. The monoisotopic (exact) mass is 574 g/mol. The van der Waals surface area contributed by atoms with Crippen molar-refractivity contribution in [3.05, 3.63) is 70.4 Å². The highest BCUT2D eigenvalue weighted by atomic mass is 35.5. The summed E-state index contributed by atoms with van der Waals surface area (Å²) in [5, 5.41) is 17.0. The van der Waals surface area contributed by atoms with Gasteiger partial charge in [-0.25, -0.2) is 9.97 Å². The molecule has 1 aliphatic rings. The second kappa shape index (κ2) is 10.9. The van der Waals surface area contributed by atoms with E-state index in [0.29, 0.717) is 0 Å².